The number of hydrogen-bond donors (Lipinski definition) is 0. The maximum Gasteiger partial charge on any atom is 0.269 e. The van der Waals surface area contributed by atoms with E-state index in [0.29, 0.717) is 16.9 Å². The maximum absolute atomic E-state index is 12.8. The number of nitrogens with zero attached hydrogens (tertiary/aromatic N) is 3. The third-order valence-corrected chi connectivity index (χ3v) is 4.41. The van der Waals surface area contributed by atoms with Crippen LogP contribution in [0.25, 0.3) is 0 Å². The Morgan fingerprint density at radius 1 is 1.11 bits per heavy atom. The molecule has 0 heterocycles. The molecular weight excluding hydrogens is 362 g/mol. The molecule has 2 amide bonds. The van der Waals surface area contributed by atoms with Crippen LogP contribution in [0.15, 0.2) is 48.5 Å². The number of benzene rings is 2. The minimum atomic E-state index is -0.464. The Morgan fingerprint density at radius 2 is 1.79 bits per heavy atom. The standard InChI is InChI=1S/C20H23N3O5/c1-14(15-7-5-9-17(11-15)23(26)27)22(4)20(25)16-8-6-10-18(12-16)28-13-19(24)21(2)3/h5-12,14H,13H2,1-4H3. The van der Waals surface area contributed by atoms with Crippen LogP contribution in [-0.2, 0) is 4.79 Å². The lowest BCUT2D eigenvalue weighted by molar-refractivity contribution is -0.384. The first-order chi connectivity index (χ1) is 13.2. The van der Waals surface area contributed by atoms with Crippen molar-refractivity contribution in [2.24, 2.45) is 0 Å². The average Bonchev–Trinajstić information content (AvgIpc) is 2.70. The zero-order chi connectivity index (χ0) is 20.8. The van der Waals surface area contributed by atoms with Crippen LogP contribution in [-0.4, -0.2) is 54.3 Å². The van der Waals surface area contributed by atoms with Gasteiger partial charge in [-0.1, -0.05) is 18.2 Å². The minimum Gasteiger partial charge on any atom is -0.484 e. The van der Waals surface area contributed by atoms with Gasteiger partial charge in [0.1, 0.15) is 5.75 Å². The lowest BCUT2D eigenvalue weighted by atomic mass is 10.1. The summed E-state index contributed by atoms with van der Waals surface area (Å²) >= 11 is 0. The van der Waals surface area contributed by atoms with Crippen molar-refractivity contribution in [2.45, 2.75) is 13.0 Å². The van der Waals surface area contributed by atoms with Crippen molar-refractivity contribution < 1.29 is 19.2 Å². The van der Waals surface area contributed by atoms with E-state index in [1.807, 2.05) is 0 Å². The van der Waals surface area contributed by atoms with Crippen molar-refractivity contribution in [3.05, 3.63) is 69.8 Å². The maximum atomic E-state index is 12.8. The van der Waals surface area contributed by atoms with Gasteiger partial charge in [-0.3, -0.25) is 19.7 Å². The van der Waals surface area contributed by atoms with Crippen molar-refractivity contribution >= 4 is 17.5 Å². The number of carbonyl (C=O) groups excluding carboxylic acids is 2. The molecule has 0 saturated carbocycles. The molecule has 2 aromatic rings. The molecule has 0 N–H and O–H groups in total. The molecule has 1 atom stereocenters. The Kier molecular flexibility index (Phi) is 6.70. The monoisotopic (exact) mass is 385 g/mol. The Balaban J connectivity index is 2.14. The molecule has 0 fully saturated rings. The molecule has 0 spiro atoms. The third kappa shape index (κ3) is 5.06. The summed E-state index contributed by atoms with van der Waals surface area (Å²) in [6.45, 7) is 1.68. The van der Waals surface area contributed by atoms with Crippen LogP contribution >= 0.6 is 0 Å². The van der Waals surface area contributed by atoms with E-state index < -0.39 is 4.92 Å². The molecular formula is C20H23N3O5. The smallest absolute Gasteiger partial charge is 0.269 e. The molecule has 0 aliphatic rings. The first-order valence-electron chi connectivity index (χ1n) is 8.65. The molecule has 28 heavy (non-hydrogen) atoms. The van der Waals surface area contributed by atoms with Gasteiger partial charge < -0.3 is 14.5 Å². The van der Waals surface area contributed by atoms with Gasteiger partial charge in [-0.2, -0.15) is 0 Å². The summed E-state index contributed by atoms with van der Waals surface area (Å²) in [6.07, 6.45) is 0. The first-order valence-corrected chi connectivity index (χ1v) is 8.65. The molecule has 148 valence electrons. The second-order valence-corrected chi connectivity index (χ2v) is 6.55. The molecule has 8 heteroatoms. The summed E-state index contributed by atoms with van der Waals surface area (Å²) < 4.78 is 5.45. The van der Waals surface area contributed by atoms with E-state index in [2.05, 4.69) is 0 Å². The molecule has 2 rings (SSSR count). The fourth-order valence-corrected chi connectivity index (χ4v) is 2.49. The van der Waals surface area contributed by atoms with Crippen LogP contribution in [0, 0.1) is 10.1 Å². The van der Waals surface area contributed by atoms with Gasteiger partial charge in [0, 0.05) is 38.8 Å². The minimum absolute atomic E-state index is 0.0221. The lowest BCUT2D eigenvalue weighted by Crippen LogP contribution is -2.30. The Labute approximate surface area is 163 Å². The molecule has 0 aliphatic carbocycles. The van der Waals surface area contributed by atoms with Crippen LogP contribution in [0.5, 0.6) is 5.75 Å². The number of nitro groups is 1. The van der Waals surface area contributed by atoms with Gasteiger partial charge in [-0.25, -0.2) is 0 Å². The number of nitro benzene ring substituents is 1. The van der Waals surface area contributed by atoms with E-state index in [-0.39, 0.29) is 30.2 Å². The molecule has 0 aromatic heterocycles. The fourth-order valence-electron chi connectivity index (χ4n) is 2.49. The van der Waals surface area contributed by atoms with Crippen molar-refractivity contribution in [1.82, 2.24) is 9.80 Å². The number of ether oxygens (including phenoxy) is 1. The molecule has 1 unspecified atom stereocenters. The highest BCUT2D eigenvalue weighted by molar-refractivity contribution is 5.94. The Morgan fingerprint density at radius 3 is 2.43 bits per heavy atom. The summed E-state index contributed by atoms with van der Waals surface area (Å²) in [4.78, 5) is 37.9. The molecule has 0 aliphatic heterocycles. The van der Waals surface area contributed by atoms with Gasteiger partial charge in [-0.15, -0.1) is 0 Å². The summed E-state index contributed by atoms with van der Waals surface area (Å²) in [7, 11) is 4.90. The SMILES string of the molecule is CC(c1cccc([N+](=O)[O-])c1)N(C)C(=O)c1cccc(OCC(=O)N(C)C)c1. The van der Waals surface area contributed by atoms with E-state index in [9.17, 15) is 19.7 Å². The van der Waals surface area contributed by atoms with E-state index >= 15 is 0 Å². The highest BCUT2D eigenvalue weighted by Gasteiger charge is 2.21. The molecule has 8 nitrogen and oxygen atoms in total. The molecule has 0 saturated heterocycles. The second-order valence-electron chi connectivity index (χ2n) is 6.55. The van der Waals surface area contributed by atoms with Crippen LogP contribution < -0.4 is 4.74 Å². The number of likely N-dealkylation sites (N-methyl/N-ethyl adjacent to an activating group) is 1. The fraction of sp³-hybridized carbons (Fsp3) is 0.300. The highest BCUT2D eigenvalue weighted by atomic mass is 16.6. The van der Waals surface area contributed by atoms with Crippen LogP contribution in [0.4, 0.5) is 5.69 Å². The normalized spacial score (nSPS) is 11.4. The van der Waals surface area contributed by atoms with Crippen molar-refractivity contribution in [3.63, 3.8) is 0 Å². The van der Waals surface area contributed by atoms with Gasteiger partial charge in [0.2, 0.25) is 0 Å². The topological polar surface area (TPSA) is 93.0 Å². The van der Waals surface area contributed by atoms with Gasteiger partial charge in [-0.05, 0) is 30.7 Å². The Bertz CT molecular complexity index is 882. The average molecular weight is 385 g/mol. The highest BCUT2D eigenvalue weighted by Crippen LogP contribution is 2.25. The summed E-state index contributed by atoms with van der Waals surface area (Å²) in [6, 6.07) is 12.4. The van der Waals surface area contributed by atoms with E-state index in [1.54, 1.807) is 64.5 Å². The lowest BCUT2D eigenvalue weighted by Gasteiger charge is -2.25. The van der Waals surface area contributed by atoms with E-state index in [1.165, 1.54) is 21.9 Å². The van der Waals surface area contributed by atoms with E-state index in [4.69, 9.17) is 4.74 Å². The summed E-state index contributed by atoms with van der Waals surface area (Å²) in [5.74, 6) is -0.0333. The largest absolute Gasteiger partial charge is 0.484 e. The van der Waals surface area contributed by atoms with Gasteiger partial charge in [0.15, 0.2) is 6.61 Å². The number of amides is 2. The first kappa shape index (κ1) is 20.9. The number of rotatable bonds is 7. The quantitative estimate of drug-likeness (QED) is 0.540. The molecule has 2 aromatic carbocycles. The van der Waals surface area contributed by atoms with Crippen LogP contribution in [0.2, 0.25) is 0 Å². The van der Waals surface area contributed by atoms with E-state index in [0.717, 1.165) is 0 Å². The number of non-ortho nitro benzene ring substituents is 1. The summed E-state index contributed by atoms with van der Waals surface area (Å²) in [5.41, 5.74) is 1.04. The van der Waals surface area contributed by atoms with Crippen LogP contribution in [0.1, 0.15) is 28.9 Å². The molecule has 0 bridgehead atoms. The van der Waals surface area contributed by atoms with Crippen molar-refractivity contribution in [1.29, 1.82) is 0 Å². The second kappa shape index (κ2) is 8.98. The predicted octanol–water partition coefficient (Wildman–Crippen LogP) is 2.90. The van der Waals surface area contributed by atoms with Crippen molar-refractivity contribution in [3.8, 4) is 5.75 Å². The van der Waals surface area contributed by atoms with Gasteiger partial charge >= 0.3 is 0 Å². The zero-order valence-electron chi connectivity index (χ0n) is 16.3. The number of hydrogen-bond acceptors (Lipinski definition) is 5. The van der Waals surface area contributed by atoms with Crippen LogP contribution in [0.3, 0.4) is 0 Å². The summed E-state index contributed by atoms with van der Waals surface area (Å²) in [5, 5.41) is 11.0. The zero-order valence-corrected chi connectivity index (χ0v) is 16.3. The van der Waals surface area contributed by atoms with Gasteiger partial charge in [0.25, 0.3) is 17.5 Å². The third-order valence-electron chi connectivity index (χ3n) is 4.41. The van der Waals surface area contributed by atoms with Gasteiger partial charge in [0.05, 0.1) is 11.0 Å². The Hall–Kier alpha value is -3.42. The predicted molar refractivity (Wildman–Crippen MR) is 104 cm³/mol. The number of carbonyl (C=O) groups is 2. The van der Waals surface area contributed by atoms with Crippen molar-refractivity contribution in [2.75, 3.05) is 27.7 Å². The molecule has 0 radical (unpaired) electrons.